The third kappa shape index (κ3) is 5.29. The summed E-state index contributed by atoms with van der Waals surface area (Å²) in [7, 11) is -4.27. The van der Waals surface area contributed by atoms with Crippen LogP contribution in [0.25, 0.3) is 4.98 Å². The van der Waals surface area contributed by atoms with E-state index in [4.69, 9.17) is 5.39 Å². The van der Waals surface area contributed by atoms with Gasteiger partial charge in [-0.15, -0.1) is 0 Å². The lowest BCUT2D eigenvalue weighted by atomic mass is 10.2. The Morgan fingerprint density at radius 2 is 1.53 bits per heavy atom. The van der Waals surface area contributed by atoms with Crippen LogP contribution < -0.4 is 0 Å². The second-order valence-corrected chi connectivity index (χ2v) is 5.08. The maximum atomic E-state index is 10.4. The molecule has 0 amide bonds. The monoisotopic (exact) mass is 276 g/mol. The van der Waals surface area contributed by atoms with Gasteiger partial charge < -0.3 is 4.55 Å². The van der Waals surface area contributed by atoms with Crippen molar-refractivity contribution in [2.45, 2.75) is 11.8 Å². The molecule has 5 nitrogen and oxygen atoms in total. The van der Waals surface area contributed by atoms with E-state index in [1.54, 1.807) is 24.3 Å². The molecule has 0 fully saturated rings. The van der Waals surface area contributed by atoms with Crippen LogP contribution in [-0.4, -0.2) is 13.0 Å². The summed E-state index contributed by atoms with van der Waals surface area (Å²) in [6.45, 7) is 1.82. The fourth-order valence-electron chi connectivity index (χ4n) is 1.20. The van der Waals surface area contributed by atoms with Crippen molar-refractivity contribution in [1.82, 2.24) is 0 Å². The maximum absolute atomic E-state index is 10.4. The first-order valence-corrected chi connectivity index (χ1v) is 6.77. The van der Waals surface area contributed by atoms with Crippen molar-refractivity contribution in [2.75, 3.05) is 0 Å². The highest BCUT2D eigenvalue weighted by molar-refractivity contribution is 7.85. The summed E-state index contributed by atoms with van der Waals surface area (Å²) in [4.78, 5) is 2.79. The molecule has 0 aliphatic rings. The standard InChI is InChI=1S/C7H8O3S.C6H5N2/c1-6-2-4-7(5-3-6)11(8,9)10;7-8-6-4-2-1-3-5-6/h2-5H,1H3,(H,8,9,10);1-5H/q;+1/p-1. The quantitative estimate of drug-likeness (QED) is 0.591. The summed E-state index contributed by atoms with van der Waals surface area (Å²) in [5.41, 5.74) is 1.52. The van der Waals surface area contributed by atoms with Gasteiger partial charge in [0.1, 0.15) is 10.1 Å². The highest BCUT2D eigenvalue weighted by Crippen LogP contribution is 2.08. The Morgan fingerprint density at radius 3 is 1.89 bits per heavy atom. The first kappa shape index (κ1) is 14.8. The number of diazo groups is 1. The SMILES string of the molecule is Cc1ccc(S(=O)(=O)[O-])cc1.N#[N+]c1ccccc1. The molecule has 0 aliphatic carbocycles. The van der Waals surface area contributed by atoms with E-state index >= 15 is 0 Å². The zero-order valence-electron chi connectivity index (χ0n) is 10.2. The van der Waals surface area contributed by atoms with Crippen molar-refractivity contribution in [1.29, 1.82) is 5.39 Å². The van der Waals surface area contributed by atoms with Crippen LogP contribution in [-0.2, 0) is 10.1 Å². The fraction of sp³-hybridized carbons (Fsp3) is 0.0769. The van der Waals surface area contributed by atoms with Crippen molar-refractivity contribution < 1.29 is 13.0 Å². The molecule has 6 heteroatoms. The van der Waals surface area contributed by atoms with Crippen LogP contribution in [0, 0.1) is 12.3 Å². The molecule has 2 rings (SSSR count). The van der Waals surface area contributed by atoms with Crippen molar-refractivity contribution in [2.24, 2.45) is 0 Å². The van der Waals surface area contributed by atoms with Crippen LogP contribution in [0.5, 0.6) is 0 Å². The highest BCUT2D eigenvalue weighted by atomic mass is 32.2. The molecule has 0 aromatic heterocycles. The van der Waals surface area contributed by atoms with Crippen LogP contribution in [0.3, 0.4) is 0 Å². The molecule has 0 N–H and O–H groups in total. The minimum Gasteiger partial charge on any atom is -0.744 e. The molecular weight excluding hydrogens is 264 g/mol. The van der Waals surface area contributed by atoms with Gasteiger partial charge in [-0.2, -0.15) is 0 Å². The highest BCUT2D eigenvalue weighted by Gasteiger charge is 1.98. The van der Waals surface area contributed by atoms with Gasteiger partial charge in [0.15, 0.2) is 4.98 Å². The Morgan fingerprint density at radius 1 is 1.00 bits per heavy atom. The molecule has 0 spiro atoms. The number of hydrogen-bond acceptors (Lipinski definition) is 4. The first-order valence-electron chi connectivity index (χ1n) is 5.36. The van der Waals surface area contributed by atoms with Gasteiger partial charge in [-0.3, -0.25) is 0 Å². The van der Waals surface area contributed by atoms with Gasteiger partial charge in [0.05, 0.1) is 4.90 Å². The second kappa shape index (κ2) is 6.64. The molecule has 2 aromatic rings. The largest absolute Gasteiger partial charge is 0.744 e. The molecule has 0 atom stereocenters. The van der Waals surface area contributed by atoms with Crippen molar-refractivity contribution >= 4 is 15.8 Å². The lowest BCUT2D eigenvalue weighted by molar-refractivity contribution is 0.463. The summed E-state index contributed by atoms with van der Waals surface area (Å²) in [5.74, 6) is 0. The topological polar surface area (TPSA) is 85.4 Å². The molecule has 0 aliphatic heterocycles. The summed E-state index contributed by atoms with van der Waals surface area (Å²) in [5, 5.41) is 8.16. The Hall–Kier alpha value is -2.23. The second-order valence-electron chi connectivity index (χ2n) is 3.70. The summed E-state index contributed by atoms with van der Waals surface area (Å²) in [6.07, 6.45) is 0. The number of benzene rings is 2. The zero-order chi connectivity index (χ0) is 14.3. The van der Waals surface area contributed by atoms with E-state index in [-0.39, 0.29) is 4.90 Å². The zero-order valence-corrected chi connectivity index (χ0v) is 11.0. The Labute approximate surface area is 111 Å². The lowest BCUT2D eigenvalue weighted by Crippen LogP contribution is -1.97. The van der Waals surface area contributed by atoms with Gasteiger partial charge in [0.2, 0.25) is 5.39 Å². The molecule has 0 unspecified atom stereocenters. The third-order valence-corrected chi connectivity index (χ3v) is 3.03. The van der Waals surface area contributed by atoms with Crippen LogP contribution in [0.15, 0.2) is 59.5 Å². The number of rotatable bonds is 1. The Balaban J connectivity index is 0.000000200. The number of hydrogen-bond donors (Lipinski definition) is 0. The average molecular weight is 276 g/mol. The molecule has 0 bridgehead atoms. The Kier molecular flexibility index (Phi) is 5.18. The van der Waals surface area contributed by atoms with Gasteiger partial charge >= 0.3 is 5.69 Å². The van der Waals surface area contributed by atoms with Gasteiger partial charge in [0.25, 0.3) is 0 Å². The number of aryl methyl sites for hydroxylation is 1. The predicted octanol–water partition coefficient (Wildman–Crippen LogP) is 3.07. The van der Waals surface area contributed by atoms with E-state index in [0.29, 0.717) is 5.69 Å². The molecule has 98 valence electrons. The van der Waals surface area contributed by atoms with Gasteiger partial charge in [-0.25, -0.2) is 8.42 Å². The van der Waals surface area contributed by atoms with Crippen molar-refractivity contribution in [3.8, 4) is 0 Å². The smallest absolute Gasteiger partial charge is 0.385 e. The van der Waals surface area contributed by atoms with Gasteiger partial charge in [-0.1, -0.05) is 35.9 Å². The summed E-state index contributed by atoms with van der Waals surface area (Å²) in [6, 6.07) is 14.7. The number of nitrogens with zero attached hydrogens (tertiary/aromatic N) is 2. The first-order chi connectivity index (χ1) is 8.93. The summed E-state index contributed by atoms with van der Waals surface area (Å²) < 4.78 is 31.2. The van der Waals surface area contributed by atoms with Crippen LogP contribution >= 0.6 is 0 Å². The molecule has 0 saturated carbocycles. The Bertz CT molecular complexity index is 659. The molecule has 19 heavy (non-hydrogen) atoms. The van der Waals surface area contributed by atoms with Crippen molar-refractivity contribution in [3.05, 3.63) is 65.1 Å². The van der Waals surface area contributed by atoms with Gasteiger partial charge in [-0.05, 0) is 19.1 Å². The van der Waals surface area contributed by atoms with Crippen LogP contribution in [0.4, 0.5) is 5.69 Å². The minimum absolute atomic E-state index is 0.178. The molecule has 0 radical (unpaired) electrons. The van der Waals surface area contributed by atoms with E-state index in [1.807, 2.05) is 25.1 Å². The van der Waals surface area contributed by atoms with Crippen LogP contribution in [0.2, 0.25) is 0 Å². The summed E-state index contributed by atoms with van der Waals surface area (Å²) >= 11 is 0. The van der Waals surface area contributed by atoms with Crippen LogP contribution in [0.1, 0.15) is 5.56 Å². The lowest BCUT2D eigenvalue weighted by Gasteiger charge is -2.05. The fourth-order valence-corrected chi connectivity index (χ4v) is 1.67. The third-order valence-electron chi connectivity index (χ3n) is 2.18. The van der Waals surface area contributed by atoms with E-state index in [9.17, 15) is 13.0 Å². The predicted molar refractivity (Wildman–Crippen MR) is 70.3 cm³/mol. The minimum atomic E-state index is -4.27. The average Bonchev–Trinajstić information content (AvgIpc) is 2.40. The van der Waals surface area contributed by atoms with E-state index in [2.05, 4.69) is 4.98 Å². The molecule has 0 saturated heterocycles. The van der Waals surface area contributed by atoms with E-state index in [0.717, 1.165) is 5.56 Å². The molecule has 0 heterocycles. The maximum Gasteiger partial charge on any atom is 0.385 e. The van der Waals surface area contributed by atoms with E-state index < -0.39 is 10.1 Å². The van der Waals surface area contributed by atoms with E-state index in [1.165, 1.54) is 12.1 Å². The molecular formula is C13H12N2O3S. The molecule has 2 aromatic carbocycles. The normalized spacial score (nSPS) is 9.95. The van der Waals surface area contributed by atoms with Crippen molar-refractivity contribution in [3.63, 3.8) is 0 Å². The van der Waals surface area contributed by atoms with Gasteiger partial charge in [0, 0.05) is 12.1 Å².